The number of carbonyl (C=O) groups excluding carboxylic acids is 9. The van der Waals surface area contributed by atoms with Crippen molar-refractivity contribution in [3.8, 4) is 11.1 Å². The third kappa shape index (κ3) is 27.7. The van der Waals surface area contributed by atoms with Gasteiger partial charge < -0.3 is 51.4 Å². The molecule has 15 unspecified atom stereocenters. The second-order valence-corrected chi connectivity index (χ2v) is 37.2. The van der Waals surface area contributed by atoms with Gasteiger partial charge in [-0.25, -0.2) is 27.4 Å². The number of nitrogens with one attached hydrogen (secondary N) is 2. The van der Waals surface area contributed by atoms with Gasteiger partial charge in [0.1, 0.15) is 54.3 Å². The summed E-state index contributed by atoms with van der Waals surface area (Å²) in [6.45, 7) is 5.59. The summed E-state index contributed by atoms with van der Waals surface area (Å²) in [7, 11) is 0. The maximum absolute atomic E-state index is 14.2. The molecule has 51 heteroatoms. The zero-order valence-electron chi connectivity index (χ0n) is 77.8. The number of Topliss-reactive ketones (excluding diaryl/α,β-unsaturated/α-hetero) is 3. The summed E-state index contributed by atoms with van der Waals surface area (Å²) in [5.74, 6) is -8.15. The second-order valence-electron chi connectivity index (χ2n) is 37.2. The maximum atomic E-state index is 14.2. The van der Waals surface area contributed by atoms with Crippen LogP contribution < -0.4 is 40.3 Å². The number of carboxylic acid groups (broad SMARTS) is 1. The maximum Gasteiger partial charge on any atom is 1.00 e. The van der Waals surface area contributed by atoms with Crippen LogP contribution in [-0.4, -0.2) is 166 Å². The monoisotopic (exact) mass is 2060 g/mol. The zero-order chi connectivity index (χ0) is 104. The van der Waals surface area contributed by atoms with Crippen LogP contribution in [0.15, 0.2) is 54.7 Å². The molecule has 29 nitrogen and oxygen atoms in total. The Morgan fingerprint density at radius 2 is 1.07 bits per heavy atom. The fourth-order valence-corrected chi connectivity index (χ4v) is 20.2. The van der Waals surface area contributed by atoms with Gasteiger partial charge in [0.15, 0.2) is 17.1 Å². The van der Waals surface area contributed by atoms with Gasteiger partial charge in [0, 0.05) is 78.1 Å². The number of aromatic nitrogens is 9. The molecule has 2 amide bonds. The molecule has 7 aromatic rings. The summed E-state index contributed by atoms with van der Waals surface area (Å²) < 4.78 is 291. The molecule has 0 spiro atoms. The summed E-state index contributed by atoms with van der Waals surface area (Å²) in [4.78, 5) is 115. The van der Waals surface area contributed by atoms with Crippen molar-refractivity contribution in [2.45, 2.75) is 242 Å². The number of aliphatic carboxylic acids is 1. The van der Waals surface area contributed by atoms with Crippen LogP contribution in [0.5, 0.6) is 0 Å². The SMILES string of the molecule is CCOC(=O)C(F)(F)F.CCOC(=O)CCN.CCOC(=O)C[n+]1[nH]c(C(F)(F)F)c2c1CC1CC21.CCOC(=O)Cn1nc2c(c1C(F)(F)F)C1CC1C2.NC(=O)c1cc(-c2cccnc2[C@H](Cc2cc(F)cc(F)c2)NC(=O)Cn2nc(C(F)(F)F)c3c2CC2CC32)ccc1F.O=C(O)Cn1nc(C(F)(F)F)c2c1CC1CC21.O=C1CC2CC2C1.O=C1CC2CC2C1C(=O)C(F)(F)F.OC1CC2CC2C1.[Li+].[OH-]. The number of aromatic amines is 1. The number of ether oxygens (including phenoxy) is 4. The molecule has 144 heavy (non-hydrogen) atoms. The molecule has 9 N–H and O–H groups in total. The van der Waals surface area contributed by atoms with Crippen LogP contribution in [0.25, 0.3) is 11.1 Å². The van der Waals surface area contributed by atoms with Crippen molar-refractivity contribution in [1.29, 1.82) is 0 Å². The summed E-state index contributed by atoms with van der Waals surface area (Å²) in [5.41, 5.74) is 10.7. The number of amides is 2. The molecule has 2 aromatic carbocycles. The molecule has 14 aliphatic rings. The van der Waals surface area contributed by atoms with E-state index in [0.717, 1.165) is 101 Å². The minimum atomic E-state index is -4.85. The first-order valence-corrected chi connectivity index (χ1v) is 46.0. The van der Waals surface area contributed by atoms with Crippen LogP contribution in [0.2, 0.25) is 0 Å². The molecule has 21 rings (SSSR count). The van der Waals surface area contributed by atoms with E-state index in [1.807, 2.05) is 0 Å². The van der Waals surface area contributed by atoms with Gasteiger partial charge in [0.25, 0.3) is 12.5 Å². The summed E-state index contributed by atoms with van der Waals surface area (Å²) in [6.07, 6.45) is -13.4. The molecule has 14 aliphatic carbocycles. The number of H-pyrrole nitrogens is 1. The first kappa shape index (κ1) is 113. The van der Waals surface area contributed by atoms with Gasteiger partial charge in [-0.1, -0.05) is 12.1 Å². The Morgan fingerprint density at radius 3 is 1.53 bits per heavy atom. The largest absolute Gasteiger partial charge is 1.00 e. The van der Waals surface area contributed by atoms with Crippen molar-refractivity contribution in [3.63, 3.8) is 0 Å². The zero-order valence-corrected chi connectivity index (χ0v) is 77.8. The number of nitrogens with zero attached hydrogens (tertiary/aromatic N) is 8. The minimum absolute atomic E-state index is 0. The van der Waals surface area contributed by atoms with E-state index in [9.17, 15) is 140 Å². The van der Waals surface area contributed by atoms with Crippen molar-refractivity contribution < 1.29 is 198 Å². The Labute approximate surface area is 818 Å². The first-order chi connectivity index (χ1) is 66.5. The van der Waals surface area contributed by atoms with Gasteiger partial charge in [-0.05, 0) is 235 Å². The second kappa shape index (κ2) is 45.0. The van der Waals surface area contributed by atoms with Gasteiger partial charge in [-0.15, -0.1) is 4.68 Å². The van der Waals surface area contributed by atoms with Crippen LogP contribution in [0.4, 0.5) is 92.2 Å². The molecule has 0 saturated heterocycles. The van der Waals surface area contributed by atoms with E-state index >= 15 is 0 Å². The van der Waals surface area contributed by atoms with Crippen molar-refractivity contribution in [2.75, 3.05) is 33.0 Å². The number of ketones is 3. The third-order valence-corrected chi connectivity index (χ3v) is 26.9. The number of carboxylic acids is 1. The average Bonchev–Trinajstić information content (AvgIpc) is 1.56. The predicted octanol–water partition coefficient (Wildman–Crippen LogP) is 11.5. The molecule has 5 heterocycles. The topological polar surface area (TPSA) is 428 Å². The standard InChI is InChI=1S/C30H23F6N5O2.2C12H13F3N2O2.C10H9F3N2O2.C8H7F3O2.C6H10O.C6H8O.C5H11NO2.C4H5F3O2.Li.H2O/c31-17-6-14(7-18(32)12-17)8-23(27-19(2-1-5-38-27)15-3-4-22(33)21(9-15)29(37)43)39-25(42)13-41-24-11-16-10-20(16)26(24)28(40-41)30(34,35)36;1-2-19-9(18)5-17-8-4-6-3-7(6)10(8)11(16-17)12(13,14)15;1-2-19-9(18)5-17-11(12(13,14)15)10-7-3-6(7)4-8(10)16-17;11-10(12,13)9-8-5-1-4(5)2-6(8)15(14-9)3-7(16)17;9-8(10,11)7(13)6-4-1-3(4)2-5(6)12;2*7-6-2-4-1-5(4)3-6;1-2-8-5(7)3-4-6;1-2-9-3(8)4(5,6)7;;/h1-7,9,12,16,20,23H,8,10-11,13H2,(H2,37,43)(H,39,42);2*6-7H,2-5H2,1H3;4-5H,1-3H2,(H,16,17);3-4,6H,1-2H2;4-7H,1-3H2;4-5H,1-3H2;2-4,6H2,1H3;2H2,1H3;;1H2/q;;;;;;;;;+1;/t16?,20?,23-;;;;;;;;;;/m0........../s1. The number of halogens is 21. The number of nitrogens with two attached hydrogens (primary N) is 2. The molecule has 782 valence electrons. The van der Waals surface area contributed by atoms with Gasteiger partial charge in [-0.3, -0.25) is 52.7 Å². The molecular formula is C93H101F21LiN12O17+. The number of esters is 4. The van der Waals surface area contributed by atoms with Crippen LogP contribution in [0.3, 0.4) is 0 Å². The van der Waals surface area contributed by atoms with E-state index in [-0.39, 0.29) is 151 Å². The Morgan fingerprint density at radius 1 is 0.549 bits per heavy atom. The smallest absolute Gasteiger partial charge is 0.870 e. The van der Waals surface area contributed by atoms with Gasteiger partial charge in [0.05, 0.1) is 73.4 Å². The van der Waals surface area contributed by atoms with Gasteiger partial charge >= 0.3 is 85.8 Å². The van der Waals surface area contributed by atoms with Crippen molar-refractivity contribution in [2.24, 2.45) is 76.6 Å². The number of alkyl halides is 18. The van der Waals surface area contributed by atoms with Crippen LogP contribution >= 0.6 is 0 Å². The number of rotatable bonds is 21. The van der Waals surface area contributed by atoms with Crippen molar-refractivity contribution in [1.82, 2.24) is 44.7 Å². The van der Waals surface area contributed by atoms with E-state index in [0.29, 0.717) is 127 Å². The number of hydrogen-bond acceptors (Lipinski definition) is 21. The van der Waals surface area contributed by atoms with E-state index in [2.05, 4.69) is 44.9 Å². The van der Waals surface area contributed by atoms with E-state index in [1.54, 1.807) is 32.9 Å². The molecule has 0 aliphatic heterocycles. The Balaban J connectivity index is 0.000000166. The number of fused-ring (bicyclic) bond motifs is 15. The van der Waals surface area contributed by atoms with Crippen molar-refractivity contribution in [3.05, 3.63) is 157 Å². The molecule has 0 radical (unpaired) electrons. The summed E-state index contributed by atoms with van der Waals surface area (Å²) in [5, 5.41) is 33.8. The molecule has 10 saturated carbocycles. The first-order valence-electron chi connectivity index (χ1n) is 46.0. The van der Waals surface area contributed by atoms with E-state index < -0.39 is 156 Å². The number of primary amides is 1. The molecule has 5 aromatic heterocycles. The number of aliphatic hydroxyl groups is 1. The Bertz CT molecular complexity index is 5880. The predicted molar refractivity (Wildman–Crippen MR) is 449 cm³/mol. The average molecular weight is 2060 g/mol. The fourth-order valence-electron chi connectivity index (χ4n) is 20.2. The van der Waals surface area contributed by atoms with Crippen LogP contribution in [0, 0.1) is 82.5 Å². The molecular weight excluding hydrogens is 1960 g/mol. The van der Waals surface area contributed by atoms with Crippen LogP contribution in [-0.2, 0) is 145 Å². The summed E-state index contributed by atoms with van der Waals surface area (Å²) in [6, 6.07) is 8.59. The normalized spacial score (nSPS) is 24.2. The fraction of sp³-hybridized carbons (Fsp3) is 0.581. The number of pyridine rings is 1. The van der Waals surface area contributed by atoms with Gasteiger partial charge in [-0.2, -0.15) is 99.4 Å². The quantitative estimate of drug-likeness (QED) is 0.00972. The number of aliphatic hydroxyl groups excluding tert-OH is 1. The Kier molecular flexibility index (Phi) is 35.3. The third-order valence-electron chi connectivity index (χ3n) is 26.9. The molecule has 10 fully saturated rings. The number of carbonyl (C=O) groups is 10. The molecule has 16 atom stereocenters. The number of benzene rings is 2. The minimum Gasteiger partial charge on any atom is -0.870 e. The van der Waals surface area contributed by atoms with E-state index in [4.69, 9.17) is 26.4 Å². The summed E-state index contributed by atoms with van der Waals surface area (Å²) >= 11 is 0. The van der Waals surface area contributed by atoms with E-state index in [1.165, 1.54) is 42.8 Å². The number of hydrogen-bond donors (Lipinski definition) is 6. The van der Waals surface area contributed by atoms with Crippen LogP contribution in [0.1, 0.15) is 230 Å². The molecule has 0 bridgehead atoms. The Hall–Kier alpha value is -11.3. The van der Waals surface area contributed by atoms with Gasteiger partial charge in [0.2, 0.25) is 17.4 Å². The van der Waals surface area contributed by atoms with Crippen molar-refractivity contribution >= 4 is 59.0 Å².